The van der Waals surface area contributed by atoms with E-state index in [0.29, 0.717) is 5.13 Å². The van der Waals surface area contributed by atoms with Crippen LogP contribution < -0.4 is 5.32 Å². The van der Waals surface area contributed by atoms with Gasteiger partial charge in [0.1, 0.15) is 0 Å². The molecule has 1 fully saturated rings. The number of nitrogens with one attached hydrogen (secondary N) is 1. The van der Waals surface area contributed by atoms with Gasteiger partial charge in [0.25, 0.3) is 0 Å². The number of benzene rings is 2. The van der Waals surface area contributed by atoms with Gasteiger partial charge >= 0.3 is 0 Å². The van der Waals surface area contributed by atoms with Crippen molar-refractivity contribution < 1.29 is 9.59 Å². The molecule has 2 heterocycles. The maximum Gasteiger partial charge on any atom is 0.232 e. The van der Waals surface area contributed by atoms with E-state index in [4.69, 9.17) is 0 Å². The van der Waals surface area contributed by atoms with Gasteiger partial charge in [-0.2, -0.15) is 0 Å². The molecule has 2 amide bonds. The van der Waals surface area contributed by atoms with Crippen LogP contribution in [0.4, 0.5) is 5.13 Å². The predicted molar refractivity (Wildman–Crippen MR) is 115 cm³/mol. The molecule has 1 N–H and O–H groups in total. The van der Waals surface area contributed by atoms with Crippen LogP contribution in [0, 0.1) is 5.92 Å². The summed E-state index contributed by atoms with van der Waals surface area (Å²) in [7, 11) is 1.75. The highest BCUT2D eigenvalue weighted by atomic mass is 32.2. The number of likely N-dealkylation sites (tertiary alicyclic amines) is 1. The first-order chi connectivity index (χ1) is 14.1. The van der Waals surface area contributed by atoms with Crippen molar-refractivity contribution in [3.8, 4) is 0 Å². The fourth-order valence-corrected chi connectivity index (χ4v) is 5.16. The van der Waals surface area contributed by atoms with E-state index in [1.165, 1.54) is 16.9 Å². The molecule has 1 saturated heterocycles. The van der Waals surface area contributed by atoms with Gasteiger partial charge < -0.3 is 10.2 Å². The Morgan fingerprint density at radius 1 is 1.14 bits per heavy atom. The molecule has 1 aliphatic rings. The molecule has 6 nitrogen and oxygen atoms in total. The summed E-state index contributed by atoms with van der Waals surface area (Å²) < 4.78 is 0.795. The molecule has 1 aliphatic heterocycles. The van der Waals surface area contributed by atoms with Crippen molar-refractivity contribution in [3.63, 3.8) is 0 Å². The summed E-state index contributed by atoms with van der Waals surface area (Å²) in [5.74, 6) is 0.100. The standard InChI is InChI=1S/C21H20N4O2S2/c1-25-17(26)12-16(18(25)15-10-6-3-7-11-15)19(27)22-20-23-24-21(29-20)28-13-14-8-4-2-5-9-14/h2-11,16,18H,12-13H2,1H3,(H,22,23,27). The molecule has 148 valence electrons. The Bertz CT molecular complexity index is 994. The highest BCUT2D eigenvalue weighted by molar-refractivity contribution is 8.00. The van der Waals surface area contributed by atoms with Crippen LogP contribution in [0.25, 0.3) is 0 Å². The van der Waals surface area contributed by atoms with Crippen LogP contribution in [0.5, 0.6) is 0 Å². The largest absolute Gasteiger partial charge is 0.338 e. The molecule has 0 bridgehead atoms. The van der Waals surface area contributed by atoms with E-state index in [1.54, 1.807) is 23.7 Å². The first-order valence-electron chi connectivity index (χ1n) is 9.23. The van der Waals surface area contributed by atoms with Crippen molar-refractivity contribution in [1.82, 2.24) is 15.1 Å². The summed E-state index contributed by atoms with van der Waals surface area (Å²) in [6.45, 7) is 0. The second-order valence-electron chi connectivity index (χ2n) is 6.81. The molecular formula is C21H20N4O2S2. The average Bonchev–Trinajstić information content (AvgIpc) is 3.32. The number of hydrogen-bond acceptors (Lipinski definition) is 6. The van der Waals surface area contributed by atoms with Gasteiger partial charge in [0, 0.05) is 19.2 Å². The van der Waals surface area contributed by atoms with Crippen molar-refractivity contribution in [2.45, 2.75) is 22.6 Å². The van der Waals surface area contributed by atoms with Crippen molar-refractivity contribution in [3.05, 3.63) is 71.8 Å². The van der Waals surface area contributed by atoms with Gasteiger partial charge in [-0.3, -0.25) is 9.59 Å². The third-order valence-corrected chi connectivity index (χ3v) is 6.95. The van der Waals surface area contributed by atoms with Gasteiger partial charge in [-0.1, -0.05) is 83.8 Å². The highest BCUT2D eigenvalue weighted by Crippen LogP contribution is 2.38. The average molecular weight is 425 g/mol. The fourth-order valence-electron chi connectivity index (χ4n) is 3.45. The zero-order chi connectivity index (χ0) is 20.2. The topological polar surface area (TPSA) is 75.2 Å². The third-order valence-electron chi connectivity index (χ3n) is 4.91. The molecule has 1 aromatic heterocycles. The second kappa shape index (κ2) is 8.75. The maximum atomic E-state index is 12.9. The van der Waals surface area contributed by atoms with Crippen LogP contribution >= 0.6 is 23.1 Å². The summed E-state index contributed by atoms with van der Waals surface area (Å²) in [5, 5.41) is 11.6. The Balaban J connectivity index is 1.42. The Hall–Kier alpha value is -2.71. The number of thioether (sulfide) groups is 1. The molecule has 2 unspecified atom stereocenters. The van der Waals surface area contributed by atoms with E-state index in [9.17, 15) is 9.59 Å². The van der Waals surface area contributed by atoms with Gasteiger partial charge in [-0.25, -0.2) is 0 Å². The van der Waals surface area contributed by atoms with Crippen molar-refractivity contribution >= 4 is 40.0 Å². The van der Waals surface area contributed by atoms with Gasteiger partial charge in [0.15, 0.2) is 4.34 Å². The minimum atomic E-state index is -0.459. The molecular weight excluding hydrogens is 404 g/mol. The first-order valence-corrected chi connectivity index (χ1v) is 11.0. The van der Waals surface area contributed by atoms with Crippen LogP contribution in [-0.2, 0) is 15.3 Å². The van der Waals surface area contributed by atoms with E-state index >= 15 is 0 Å². The SMILES string of the molecule is CN1C(=O)CC(C(=O)Nc2nnc(SCc3ccccc3)s2)C1c1ccccc1. The highest BCUT2D eigenvalue weighted by Gasteiger charge is 2.42. The quantitative estimate of drug-likeness (QED) is 0.478. The number of amides is 2. The maximum absolute atomic E-state index is 12.9. The monoisotopic (exact) mass is 424 g/mol. The molecule has 0 aliphatic carbocycles. The van der Waals surface area contributed by atoms with Crippen LogP contribution in [0.15, 0.2) is 65.0 Å². The van der Waals surface area contributed by atoms with Crippen molar-refractivity contribution in [1.29, 1.82) is 0 Å². The van der Waals surface area contributed by atoms with Crippen LogP contribution in [0.2, 0.25) is 0 Å². The van der Waals surface area contributed by atoms with E-state index in [1.807, 2.05) is 48.5 Å². The Morgan fingerprint density at radius 2 is 1.83 bits per heavy atom. The number of carbonyl (C=O) groups is 2. The molecule has 2 aromatic carbocycles. The summed E-state index contributed by atoms with van der Waals surface area (Å²) >= 11 is 2.93. The fraction of sp³-hybridized carbons (Fsp3) is 0.238. The van der Waals surface area contributed by atoms with E-state index in [-0.39, 0.29) is 24.3 Å². The Morgan fingerprint density at radius 3 is 2.55 bits per heavy atom. The van der Waals surface area contributed by atoms with Gasteiger partial charge in [-0.15, -0.1) is 10.2 Å². The number of hydrogen-bond donors (Lipinski definition) is 1. The number of aromatic nitrogens is 2. The lowest BCUT2D eigenvalue weighted by atomic mass is 9.93. The summed E-state index contributed by atoms with van der Waals surface area (Å²) in [5.41, 5.74) is 2.16. The lowest BCUT2D eigenvalue weighted by molar-refractivity contribution is -0.127. The van der Waals surface area contributed by atoms with E-state index in [0.717, 1.165) is 15.7 Å². The molecule has 2 atom stereocenters. The van der Waals surface area contributed by atoms with Crippen molar-refractivity contribution in [2.24, 2.45) is 5.92 Å². The zero-order valence-electron chi connectivity index (χ0n) is 15.8. The molecule has 0 spiro atoms. The molecule has 3 aromatic rings. The van der Waals surface area contributed by atoms with Crippen molar-refractivity contribution in [2.75, 3.05) is 12.4 Å². The van der Waals surface area contributed by atoms with E-state index < -0.39 is 5.92 Å². The lowest BCUT2D eigenvalue weighted by Crippen LogP contribution is -2.29. The minimum absolute atomic E-state index is 0.0321. The van der Waals surface area contributed by atoms with Gasteiger partial charge in [0.2, 0.25) is 16.9 Å². The number of anilines is 1. The Labute approximate surface area is 177 Å². The first kappa shape index (κ1) is 19.6. The smallest absolute Gasteiger partial charge is 0.232 e. The lowest BCUT2D eigenvalue weighted by Gasteiger charge is -2.24. The summed E-state index contributed by atoms with van der Waals surface area (Å²) in [4.78, 5) is 26.8. The molecule has 0 saturated carbocycles. The Kier molecular flexibility index (Phi) is 5.92. The molecule has 29 heavy (non-hydrogen) atoms. The third kappa shape index (κ3) is 4.49. The molecule has 8 heteroatoms. The number of rotatable bonds is 6. The second-order valence-corrected chi connectivity index (χ2v) is 9.01. The summed E-state index contributed by atoms with van der Waals surface area (Å²) in [6, 6.07) is 19.5. The normalized spacial score (nSPS) is 18.8. The zero-order valence-corrected chi connectivity index (χ0v) is 17.5. The van der Waals surface area contributed by atoms with Crippen LogP contribution in [0.3, 0.4) is 0 Å². The number of carbonyl (C=O) groups excluding carboxylic acids is 2. The van der Waals surface area contributed by atoms with Crippen LogP contribution in [-0.4, -0.2) is 34.0 Å². The molecule has 0 radical (unpaired) electrons. The van der Waals surface area contributed by atoms with E-state index in [2.05, 4.69) is 27.6 Å². The molecule has 4 rings (SSSR count). The number of nitrogens with zero attached hydrogens (tertiary/aromatic N) is 3. The minimum Gasteiger partial charge on any atom is -0.338 e. The summed E-state index contributed by atoms with van der Waals surface area (Å²) in [6.07, 6.45) is 0.191. The van der Waals surface area contributed by atoms with Gasteiger partial charge in [-0.05, 0) is 11.1 Å². The van der Waals surface area contributed by atoms with Crippen LogP contribution in [0.1, 0.15) is 23.6 Å². The predicted octanol–water partition coefficient (Wildman–Crippen LogP) is 3.99. The van der Waals surface area contributed by atoms with Gasteiger partial charge in [0.05, 0.1) is 12.0 Å².